The predicted molar refractivity (Wildman–Crippen MR) is 128 cm³/mol. The number of amides is 2. The summed E-state index contributed by atoms with van der Waals surface area (Å²) in [6.07, 6.45) is 9.17. The van der Waals surface area contributed by atoms with Crippen LogP contribution >= 0.6 is 0 Å². The largest absolute Gasteiger partial charge is 0.493 e. The molecule has 1 aliphatic carbocycles. The molecule has 1 atom stereocenters. The van der Waals surface area contributed by atoms with Gasteiger partial charge in [-0.3, -0.25) is 4.90 Å². The molecule has 0 spiro atoms. The molecular weight excluding hydrogens is 402 g/mol. The van der Waals surface area contributed by atoms with Gasteiger partial charge in [-0.1, -0.05) is 6.92 Å². The first-order chi connectivity index (χ1) is 15.6. The summed E-state index contributed by atoms with van der Waals surface area (Å²) in [6, 6.07) is 5.22. The second kappa shape index (κ2) is 10.8. The SMILES string of the molecule is CCCN(CC1CCN(C(=O)N2CCCC2)CC1)C1CCc2cc(OC)c(OC)cc2C1. The Bertz CT molecular complexity index is 770. The molecule has 6 nitrogen and oxygen atoms in total. The number of methoxy groups -OCH3 is 2. The highest BCUT2D eigenvalue weighted by Gasteiger charge is 2.31. The van der Waals surface area contributed by atoms with Crippen molar-refractivity contribution in [3.05, 3.63) is 23.3 Å². The minimum atomic E-state index is 0.277. The molecule has 2 amide bonds. The van der Waals surface area contributed by atoms with Gasteiger partial charge in [-0.2, -0.15) is 0 Å². The van der Waals surface area contributed by atoms with E-state index in [0.717, 1.165) is 89.3 Å². The summed E-state index contributed by atoms with van der Waals surface area (Å²) in [6.45, 7) is 8.34. The van der Waals surface area contributed by atoms with Gasteiger partial charge < -0.3 is 19.3 Å². The fourth-order valence-corrected chi connectivity index (χ4v) is 5.83. The minimum Gasteiger partial charge on any atom is -0.493 e. The lowest BCUT2D eigenvalue weighted by atomic mass is 9.86. The monoisotopic (exact) mass is 443 g/mol. The van der Waals surface area contributed by atoms with Crippen LogP contribution in [0.1, 0.15) is 56.6 Å². The Kier molecular flexibility index (Phi) is 7.82. The summed E-state index contributed by atoms with van der Waals surface area (Å²) in [5, 5.41) is 0. The van der Waals surface area contributed by atoms with Crippen molar-refractivity contribution in [3.63, 3.8) is 0 Å². The Morgan fingerprint density at radius 3 is 2.22 bits per heavy atom. The number of nitrogens with zero attached hydrogens (tertiary/aromatic N) is 3. The average molecular weight is 444 g/mol. The van der Waals surface area contributed by atoms with E-state index in [2.05, 4.69) is 28.9 Å². The first kappa shape index (κ1) is 23.2. The molecular formula is C26H41N3O3. The number of piperidine rings is 1. The van der Waals surface area contributed by atoms with Crippen LogP contribution in [0.3, 0.4) is 0 Å². The van der Waals surface area contributed by atoms with Crippen LogP contribution in [-0.4, -0.2) is 80.3 Å². The van der Waals surface area contributed by atoms with Crippen LogP contribution in [0.15, 0.2) is 12.1 Å². The number of benzene rings is 1. The van der Waals surface area contributed by atoms with E-state index < -0.39 is 0 Å². The average Bonchev–Trinajstić information content (AvgIpc) is 3.37. The number of likely N-dealkylation sites (tertiary alicyclic amines) is 2. The van der Waals surface area contributed by atoms with Gasteiger partial charge in [-0.05, 0) is 87.1 Å². The molecule has 1 unspecified atom stereocenters. The molecule has 32 heavy (non-hydrogen) atoms. The van der Waals surface area contributed by atoms with Crippen LogP contribution in [0.2, 0.25) is 0 Å². The van der Waals surface area contributed by atoms with Gasteiger partial charge in [-0.25, -0.2) is 4.79 Å². The van der Waals surface area contributed by atoms with E-state index in [4.69, 9.17) is 9.47 Å². The Morgan fingerprint density at radius 2 is 1.59 bits per heavy atom. The molecule has 1 aromatic carbocycles. The number of hydrogen-bond acceptors (Lipinski definition) is 4. The first-order valence-corrected chi connectivity index (χ1v) is 12.6. The maximum atomic E-state index is 12.7. The number of carbonyl (C=O) groups excluding carboxylic acids is 1. The van der Waals surface area contributed by atoms with Crippen molar-refractivity contribution in [2.24, 2.45) is 5.92 Å². The Hall–Kier alpha value is -1.95. The molecule has 4 rings (SSSR count). The maximum Gasteiger partial charge on any atom is 0.319 e. The smallest absolute Gasteiger partial charge is 0.319 e. The number of fused-ring (bicyclic) bond motifs is 1. The van der Waals surface area contributed by atoms with Gasteiger partial charge in [-0.15, -0.1) is 0 Å². The molecule has 3 aliphatic rings. The molecule has 0 aromatic heterocycles. The van der Waals surface area contributed by atoms with Crippen LogP contribution in [0.25, 0.3) is 0 Å². The van der Waals surface area contributed by atoms with E-state index in [1.807, 2.05) is 4.90 Å². The fourth-order valence-electron chi connectivity index (χ4n) is 5.83. The lowest BCUT2D eigenvalue weighted by Crippen LogP contribution is -2.48. The highest BCUT2D eigenvalue weighted by molar-refractivity contribution is 5.74. The third-order valence-electron chi connectivity index (χ3n) is 7.69. The van der Waals surface area contributed by atoms with Crippen molar-refractivity contribution in [3.8, 4) is 11.5 Å². The standard InChI is InChI=1S/C26H41N3O3/c1-4-11-29(19-20-9-14-28(15-10-20)26(30)27-12-5-6-13-27)23-8-7-21-17-24(31-2)25(32-3)18-22(21)16-23/h17-18,20,23H,4-16,19H2,1-3H3. The third-order valence-corrected chi connectivity index (χ3v) is 7.69. The lowest BCUT2D eigenvalue weighted by molar-refractivity contribution is 0.106. The normalized spacial score (nSPS) is 21.7. The molecule has 0 bridgehead atoms. The number of ether oxygens (including phenoxy) is 2. The molecule has 2 saturated heterocycles. The van der Waals surface area contributed by atoms with Gasteiger partial charge in [0.25, 0.3) is 0 Å². The number of rotatable bonds is 7. The summed E-state index contributed by atoms with van der Waals surface area (Å²) in [4.78, 5) is 19.6. The van der Waals surface area contributed by atoms with Gasteiger partial charge in [0.05, 0.1) is 14.2 Å². The molecule has 2 fully saturated rings. The second-order valence-corrected chi connectivity index (χ2v) is 9.77. The second-order valence-electron chi connectivity index (χ2n) is 9.77. The van der Waals surface area contributed by atoms with Gasteiger partial charge in [0.2, 0.25) is 0 Å². The number of aryl methyl sites for hydroxylation is 1. The molecule has 178 valence electrons. The summed E-state index contributed by atoms with van der Waals surface area (Å²) < 4.78 is 11.1. The Labute approximate surface area is 193 Å². The Balaban J connectivity index is 1.35. The number of urea groups is 1. The zero-order valence-corrected chi connectivity index (χ0v) is 20.3. The molecule has 0 N–H and O–H groups in total. The molecule has 2 aliphatic heterocycles. The molecule has 0 radical (unpaired) electrons. The van der Waals surface area contributed by atoms with Gasteiger partial charge in [0.1, 0.15) is 0 Å². The highest BCUT2D eigenvalue weighted by Crippen LogP contribution is 2.35. The molecule has 2 heterocycles. The number of hydrogen-bond donors (Lipinski definition) is 0. The minimum absolute atomic E-state index is 0.277. The topological polar surface area (TPSA) is 45.2 Å². The van der Waals surface area contributed by atoms with Crippen molar-refractivity contribution in [2.75, 3.05) is 53.5 Å². The summed E-state index contributed by atoms with van der Waals surface area (Å²) in [7, 11) is 3.43. The van der Waals surface area contributed by atoms with Crippen LogP contribution in [0.4, 0.5) is 4.79 Å². The lowest BCUT2D eigenvalue weighted by Gasteiger charge is -2.40. The highest BCUT2D eigenvalue weighted by atomic mass is 16.5. The zero-order chi connectivity index (χ0) is 22.5. The summed E-state index contributed by atoms with van der Waals surface area (Å²) >= 11 is 0. The van der Waals surface area contributed by atoms with E-state index in [0.29, 0.717) is 12.0 Å². The molecule has 1 aromatic rings. The van der Waals surface area contributed by atoms with Crippen LogP contribution < -0.4 is 9.47 Å². The summed E-state index contributed by atoms with van der Waals surface area (Å²) in [5.41, 5.74) is 2.81. The van der Waals surface area contributed by atoms with Gasteiger partial charge >= 0.3 is 6.03 Å². The van der Waals surface area contributed by atoms with Crippen molar-refractivity contribution in [1.29, 1.82) is 0 Å². The van der Waals surface area contributed by atoms with Gasteiger partial charge in [0.15, 0.2) is 11.5 Å². The van der Waals surface area contributed by atoms with Crippen molar-refractivity contribution >= 4 is 6.03 Å². The Morgan fingerprint density at radius 1 is 0.969 bits per heavy atom. The first-order valence-electron chi connectivity index (χ1n) is 12.6. The third kappa shape index (κ3) is 5.16. The van der Waals surface area contributed by atoms with Crippen LogP contribution in [-0.2, 0) is 12.8 Å². The van der Waals surface area contributed by atoms with E-state index in [1.165, 1.54) is 24.0 Å². The molecule has 0 saturated carbocycles. The zero-order valence-electron chi connectivity index (χ0n) is 20.3. The quantitative estimate of drug-likeness (QED) is 0.634. The fraction of sp³-hybridized carbons (Fsp3) is 0.731. The van der Waals surface area contributed by atoms with Crippen molar-refractivity contribution in [1.82, 2.24) is 14.7 Å². The van der Waals surface area contributed by atoms with Gasteiger partial charge in [0, 0.05) is 38.8 Å². The van der Waals surface area contributed by atoms with Crippen LogP contribution in [0, 0.1) is 5.92 Å². The summed E-state index contributed by atoms with van der Waals surface area (Å²) in [5.74, 6) is 2.37. The van der Waals surface area contributed by atoms with E-state index >= 15 is 0 Å². The maximum absolute atomic E-state index is 12.7. The molecule has 6 heteroatoms. The van der Waals surface area contributed by atoms with E-state index in [9.17, 15) is 4.79 Å². The van der Waals surface area contributed by atoms with Crippen molar-refractivity contribution < 1.29 is 14.3 Å². The van der Waals surface area contributed by atoms with E-state index in [-0.39, 0.29) is 6.03 Å². The predicted octanol–water partition coefficient (Wildman–Crippen LogP) is 4.20. The van der Waals surface area contributed by atoms with Crippen molar-refractivity contribution in [2.45, 2.75) is 64.3 Å². The number of carbonyl (C=O) groups is 1. The van der Waals surface area contributed by atoms with Crippen LogP contribution in [0.5, 0.6) is 11.5 Å². The van der Waals surface area contributed by atoms with E-state index in [1.54, 1.807) is 14.2 Å².